The molecule has 6 nitrogen and oxygen atoms in total. The van der Waals surface area contributed by atoms with Gasteiger partial charge in [-0.25, -0.2) is 14.6 Å². The maximum Gasteiger partial charge on any atom is 0.232 e. The number of thioether (sulfide) groups is 1. The molecule has 0 unspecified atom stereocenters. The zero-order valence-corrected chi connectivity index (χ0v) is 17.2. The number of para-hydroxylation sites is 1. The highest BCUT2D eigenvalue weighted by Crippen LogP contribution is 2.36. The third-order valence-corrected chi connectivity index (χ3v) is 7.30. The van der Waals surface area contributed by atoms with Crippen molar-refractivity contribution < 1.29 is 4.79 Å². The molecule has 7 heteroatoms. The van der Waals surface area contributed by atoms with Crippen LogP contribution in [0, 0.1) is 11.8 Å². The summed E-state index contributed by atoms with van der Waals surface area (Å²) in [4.78, 5) is 23.8. The molecule has 2 fully saturated rings. The molecule has 150 valence electrons. The predicted octanol–water partition coefficient (Wildman–Crippen LogP) is 3.95. The van der Waals surface area contributed by atoms with Crippen molar-refractivity contribution in [3.05, 3.63) is 42.9 Å². The molecule has 0 spiro atoms. The molecular formula is C22H25N5OS. The highest BCUT2D eigenvalue weighted by molar-refractivity contribution is 8.00. The van der Waals surface area contributed by atoms with Crippen LogP contribution < -0.4 is 0 Å². The molecule has 3 heterocycles. The van der Waals surface area contributed by atoms with Gasteiger partial charge in [0.2, 0.25) is 5.91 Å². The minimum atomic E-state index is 0.223. The fraction of sp³-hybridized carbons (Fsp3) is 0.455. The smallest absolute Gasteiger partial charge is 0.232 e. The molecule has 2 aromatic heterocycles. The number of hydrogen-bond acceptors (Lipinski definition) is 5. The van der Waals surface area contributed by atoms with Crippen molar-refractivity contribution in [1.82, 2.24) is 24.6 Å². The highest BCUT2D eigenvalue weighted by Gasteiger charge is 2.32. The number of nitrogens with zero attached hydrogens (tertiary/aromatic N) is 5. The number of rotatable bonds is 4. The van der Waals surface area contributed by atoms with Gasteiger partial charge >= 0.3 is 0 Å². The van der Waals surface area contributed by atoms with Gasteiger partial charge in [0.15, 0.2) is 5.65 Å². The van der Waals surface area contributed by atoms with Crippen LogP contribution in [-0.2, 0) is 4.79 Å². The van der Waals surface area contributed by atoms with E-state index in [1.165, 1.54) is 43.9 Å². The van der Waals surface area contributed by atoms with E-state index in [9.17, 15) is 4.79 Å². The fourth-order valence-corrected chi connectivity index (χ4v) is 5.61. The summed E-state index contributed by atoms with van der Waals surface area (Å²) in [6, 6.07) is 9.94. The van der Waals surface area contributed by atoms with Gasteiger partial charge in [-0.05, 0) is 36.8 Å². The fourth-order valence-electron chi connectivity index (χ4n) is 4.74. The minimum absolute atomic E-state index is 0.223. The van der Waals surface area contributed by atoms with Gasteiger partial charge in [-0.2, -0.15) is 5.10 Å². The Bertz CT molecular complexity index is 1000. The van der Waals surface area contributed by atoms with E-state index in [0.717, 1.165) is 40.8 Å². The molecule has 0 bridgehead atoms. The molecule has 1 saturated heterocycles. The summed E-state index contributed by atoms with van der Waals surface area (Å²) in [5, 5.41) is 6.20. The van der Waals surface area contributed by atoms with E-state index < -0.39 is 0 Å². The summed E-state index contributed by atoms with van der Waals surface area (Å²) in [7, 11) is 0. The van der Waals surface area contributed by atoms with Crippen LogP contribution in [0.1, 0.15) is 32.1 Å². The van der Waals surface area contributed by atoms with Crippen LogP contribution in [0.5, 0.6) is 0 Å². The van der Waals surface area contributed by atoms with E-state index in [0.29, 0.717) is 11.7 Å². The topological polar surface area (TPSA) is 63.9 Å². The van der Waals surface area contributed by atoms with E-state index in [1.807, 2.05) is 35.0 Å². The SMILES string of the molecule is O=C(CSc1ncnc2c1cnn2-c1ccccc1)N1CC[C@H]2CCCC[C@@H]2C1. The molecule has 1 aromatic carbocycles. The van der Waals surface area contributed by atoms with Crippen LogP contribution in [0.15, 0.2) is 47.9 Å². The van der Waals surface area contributed by atoms with Gasteiger partial charge in [-0.15, -0.1) is 0 Å². The van der Waals surface area contributed by atoms with Crippen LogP contribution in [0.2, 0.25) is 0 Å². The Balaban J connectivity index is 1.28. The summed E-state index contributed by atoms with van der Waals surface area (Å²) in [6.45, 7) is 1.85. The van der Waals surface area contributed by atoms with E-state index in [2.05, 4.69) is 20.0 Å². The first-order chi connectivity index (χ1) is 14.3. The van der Waals surface area contributed by atoms with Gasteiger partial charge in [-0.3, -0.25) is 4.79 Å². The summed E-state index contributed by atoms with van der Waals surface area (Å²) in [6.07, 6.45) is 9.85. The summed E-state index contributed by atoms with van der Waals surface area (Å²) < 4.78 is 1.82. The third kappa shape index (κ3) is 3.75. The average Bonchev–Trinajstić information content (AvgIpc) is 3.22. The molecule has 1 amide bonds. The van der Waals surface area contributed by atoms with Crippen LogP contribution in [0.25, 0.3) is 16.7 Å². The summed E-state index contributed by atoms with van der Waals surface area (Å²) >= 11 is 1.49. The molecule has 1 aliphatic heterocycles. The van der Waals surface area contributed by atoms with E-state index in [1.54, 1.807) is 12.5 Å². The molecule has 3 aromatic rings. The lowest BCUT2D eigenvalue weighted by Gasteiger charge is -2.41. The zero-order chi connectivity index (χ0) is 19.6. The van der Waals surface area contributed by atoms with Gasteiger partial charge in [0.25, 0.3) is 0 Å². The van der Waals surface area contributed by atoms with E-state index >= 15 is 0 Å². The number of benzene rings is 1. The Kier molecular flexibility index (Phi) is 5.23. The van der Waals surface area contributed by atoms with Gasteiger partial charge in [-0.1, -0.05) is 49.2 Å². The second-order valence-corrected chi connectivity index (χ2v) is 8.99. The Hall–Kier alpha value is -2.41. The minimum Gasteiger partial charge on any atom is -0.342 e. The highest BCUT2D eigenvalue weighted by atomic mass is 32.2. The molecule has 0 N–H and O–H groups in total. The molecule has 2 atom stereocenters. The Morgan fingerprint density at radius 1 is 1.07 bits per heavy atom. The second kappa shape index (κ2) is 8.14. The Morgan fingerprint density at radius 2 is 1.90 bits per heavy atom. The number of piperidine rings is 1. The third-order valence-electron chi connectivity index (χ3n) is 6.31. The first-order valence-electron chi connectivity index (χ1n) is 10.4. The molecular weight excluding hydrogens is 382 g/mol. The van der Waals surface area contributed by atoms with Crippen LogP contribution in [-0.4, -0.2) is 49.4 Å². The van der Waals surface area contributed by atoms with Gasteiger partial charge in [0.1, 0.15) is 11.4 Å². The van der Waals surface area contributed by atoms with Crippen molar-refractivity contribution in [3.63, 3.8) is 0 Å². The van der Waals surface area contributed by atoms with E-state index in [4.69, 9.17) is 0 Å². The largest absolute Gasteiger partial charge is 0.342 e. The first-order valence-corrected chi connectivity index (χ1v) is 11.4. The number of aromatic nitrogens is 4. The number of carbonyl (C=O) groups excluding carboxylic acids is 1. The molecule has 0 radical (unpaired) electrons. The molecule has 29 heavy (non-hydrogen) atoms. The van der Waals surface area contributed by atoms with Crippen molar-refractivity contribution in [2.24, 2.45) is 11.8 Å². The summed E-state index contributed by atoms with van der Waals surface area (Å²) in [5.41, 5.74) is 1.73. The molecule has 5 rings (SSSR count). The van der Waals surface area contributed by atoms with Gasteiger partial charge < -0.3 is 4.90 Å². The van der Waals surface area contributed by atoms with Crippen molar-refractivity contribution in [2.75, 3.05) is 18.8 Å². The van der Waals surface area contributed by atoms with Crippen LogP contribution in [0.3, 0.4) is 0 Å². The number of hydrogen-bond donors (Lipinski definition) is 0. The Morgan fingerprint density at radius 3 is 2.76 bits per heavy atom. The monoisotopic (exact) mass is 407 g/mol. The lowest BCUT2D eigenvalue weighted by molar-refractivity contribution is -0.131. The second-order valence-electron chi connectivity index (χ2n) is 8.03. The van der Waals surface area contributed by atoms with Crippen molar-refractivity contribution in [1.29, 1.82) is 0 Å². The van der Waals surface area contributed by atoms with Crippen molar-refractivity contribution >= 4 is 28.7 Å². The van der Waals surface area contributed by atoms with Crippen molar-refractivity contribution in [3.8, 4) is 5.69 Å². The molecule has 1 aliphatic carbocycles. The maximum absolute atomic E-state index is 12.8. The van der Waals surface area contributed by atoms with Gasteiger partial charge in [0.05, 0.1) is 23.0 Å². The van der Waals surface area contributed by atoms with Crippen molar-refractivity contribution in [2.45, 2.75) is 37.1 Å². The molecule has 2 aliphatic rings. The number of likely N-dealkylation sites (tertiary alicyclic amines) is 1. The van der Waals surface area contributed by atoms with Crippen LogP contribution >= 0.6 is 11.8 Å². The number of amides is 1. The predicted molar refractivity (Wildman–Crippen MR) is 114 cm³/mol. The Labute approximate surface area is 174 Å². The maximum atomic E-state index is 12.8. The van der Waals surface area contributed by atoms with Crippen LogP contribution in [0.4, 0.5) is 0 Å². The first kappa shape index (κ1) is 18.6. The number of carbonyl (C=O) groups is 1. The molecule has 1 saturated carbocycles. The lowest BCUT2D eigenvalue weighted by Crippen LogP contribution is -2.45. The van der Waals surface area contributed by atoms with Gasteiger partial charge in [0, 0.05) is 13.1 Å². The van der Waals surface area contributed by atoms with E-state index in [-0.39, 0.29) is 5.91 Å². The zero-order valence-electron chi connectivity index (χ0n) is 16.4. The summed E-state index contributed by atoms with van der Waals surface area (Å²) in [5.74, 6) is 2.19. The quantitative estimate of drug-likeness (QED) is 0.484. The lowest BCUT2D eigenvalue weighted by atomic mass is 9.75. The average molecular weight is 408 g/mol. The standard InChI is InChI=1S/C22H25N5OS/c28-20(26-11-10-16-6-4-5-7-17(16)13-26)14-29-22-19-12-25-27(21(19)23-15-24-22)18-8-2-1-3-9-18/h1-3,8-9,12,15-17H,4-7,10-11,13-14H2/t16-,17-/m1/s1. The number of fused-ring (bicyclic) bond motifs is 2. The normalized spacial score (nSPS) is 21.9.